The van der Waals surface area contributed by atoms with E-state index < -0.39 is 5.60 Å². The molecule has 1 aromatic carbocycles. The van der Waals surface area contributed by atoms with E-state index in [2.05, 4.69) is 38.1 Å². The number of likely N-dealkylation sites (tertiary alicyclic amines) is 1. The maximum Gasteiger partial charge on any atom is 0.410 e. The lowest BCUT2D eigenvalue weighted by Crippen LogP contribution is -2.51. The third-order valence-electron chi connectivity index (χ3n) is 4.08. The van der Waals surface area contributed by atoms with Crippen LogP contribution in [0.1, 0.15) is 58.9 Å². The molecule has 0 spiro atoms. The molecule has 3 nitrogen and oxygen atoms in total. The van der Waals surface area contributed by atoms with Gasteiger partial charge in [0.25, 0.3) is 0 Å². The highest BCUT2D eigenvalue weighted by Crippen LogP contribution is 2.35. The van der Waals surface area contributed by atoms with E-state index in [1.54, 1.807) is 0 Å². The predicted molar refractivity (Wildman–Crippen MR) is 85.4 cm³/mol. The molecule has 1 aliphatic rings. The van der Waals surface area contributed by atoms with Gasteiger partial charge in [0.05, 0.1) is 0 Å². The number of piperidine rings is 1. The van der Waals surface area contributed by atoms with E-state index in [0.717, 1.165) is 12.8 Å². The Bertz CT molecular complexity index is 466. The fraction of sp³-hybridized carbons (Fsp3) is 0.611. The summed E-state index contributed by atoms with van der Waals surface area (Å²) in [4.78, 5) is 14.3. The Kier molecular flexibility index (Phi) is 4.60. The number of amides is 1. The second-order valence-corrected chi connectivity index (χ2v) is 7.16. The summed E-state index contributed by atoms with van der Waals surface area (Å²) in [6.45, 7) is 9.98. The van der Waals surface area contributed by atoms with Gasteiger partial charge in [0.2, 0.25) is 0 Å². The molecule has 1 heterocycles. The molecule has 0 aliphatic carbocycles. The van der Waals surface area contributed by atoms with Crippen molar-refractivity contribution < 1.29 is 9.53 Å². The Morgan fingerprint density at radius 2 is 1.62 bits per heavy atom. The van der Waals surface area contributed by atoms with Crippen LogP contribution in [0.15, 0.2) is 30.3 Å². The smallest absolute Gasteiger partial charge is 0.410 e. The van der Waals surface area contributed by atoms with E-state index >= 15 is 0 Å². The van der Waals surface area contributed by atoms with Crippen LogP contribution in [0, 0.1) is 0 Å². The first-order valence-corrected chi connectivity index (χ1v) is 7.84. The Balaban J connectivity index is 2.07. The van der Waals surface area contributed by atoms with Gasteiger partial charge in [-0.1, -0.05) is 30.3 Å². The second-order valence-electron chi connectivity index (χ2n) is 7.16. The van der Waals surface area contributed by atoms with Gasteiger partial charge in [-0.05, 0) is 58.9 Å². The van der Waals surface area contributed by atoms with Gasteiger partial charge in [-0.15, -0.1) is 0 Å². The maximum atomic E-state index is 12.4. The van der Waals surface area contributed by atoms with Crippen LogP contribution >= 0.6 is 0 Å². The predicted octanol–water partition coefficient (Wildman–Crippen LogP) is 4.58. The summed E-state index contributed by atoms with van der Waals surface area (Å²) >= 11 is 0. The molecule has 0 radical (unpaired) electrons. The molecular weight excluding hydrogens is 262 g/mol. The van der Waals surface area contributed by atoms with Gasteiger partial charge in [-0.25, -0.2) is 4.79 Å². The third-order valence-corrected chi connectivity index (χ3v) is 4.08. The summed E-state index contributed by atoms with van der Waals surface area (Å²) in [5, 5.41) is 0. The van der Waals surface area contributed by atoms with Crippen LogP contribution in [0.4, 0.5) is 4.79 Å². The number of nitrogens with zero attached hydrogens (tertiary/aromatic N) is 1. The van der Waals surface area contributed by atoms with Gasteiger partial charge in [-0.3, -0.25) is 0 Å². The molecule has 0 unspecified atom stereocenters. The van der Waals surface area contributed by atoms with Crippen molar-refractivity contribution in [2.24, 2.45) is 0 Å². The lowest BCUT2D eigenvalue weighted by molar-refractivity contribution is -0.00254. The van der Waals surface area contributed by atoms with Gasteiger partial charge in [0.1, 0.15) is 5.60 Å². The van der Waals surface area contributed by atoms with Crippen LogP contribution in [0.3, 0.4) is 0 Å². The lowest BCUT2D eigenvalue weighted by Gasteiger charge is -2.43. The summed E-state index contributed by atoms with van der Waals surface area (Å²) < 4.78 is 5.55. The molecule has 1 fully saturated rings. The number of hydrogen-bond donors (Lipinski definition) is 0. The van der Waals surface area contributed by atoms with E-state index in [4.69, 9.17) is 4.74 Å². The molecule has 2 rings (SSSR count). The van der Waals surface area contributed by atoms with E-state index in [1.165, 1.54) is 5.56 Å². The normalized spacial score (nSPS) is 26.5. The van der Waals surface area contributed by atoms with Gasteiger partial charge >= 0.3 is 6.09 Å². The molecule has 3 heteroatoms. The average Bonchev–Trinajstić information content (AvgIpc) is 2.36. The zero-order valence-corrected chi connectivity index (χ0v) is 13.8. The third kappa shape index (κ3) is 3.99. The number of ether oxygens (including phenoxy) is 1. The molecular formula is C18H27NO2. The van der Waals surface area contributed by atoms with Gasteiger partial charge in [0, 0.05) is 12.1 Å². The van der Waals surface area contributed by atoms with Crippen LogP contribution in [-0.4, -0.2) is 28.7 Å². The molecule has 1 saturated heterocycles. The Hall–Kier alpha value is -1.51. The Morgan fingerprint density at radius 3 is 2.10 bits per heavy atom. The van der Waals surface area contributed by atoms with E-state index in [9.17, 15) is 4.79 Å². The summed E-state index contributed by atoms with van der Waals surface area (Å²) in [6, 6.07) is 11.0. The Labute approximate surface area is 128 Å². The van der Waals surface area contributed by atoms with Crippen molar-refractivity contribution in [2.45, 2.75) is 71.1 Å². The lowest BCUT2D eigenvalue weighted by atomic mass is 9.82. The van der Waals surface area contributed by atoms with Gasteiger partial charge in [0.15, 0.2) is 0 Å². The molecule has 0 saturated carbocycles. The van der Waals surface area contributed by atoms with Crippen LogP contribution in [-0.2, 0) is 4.74 Å². The molecule has 0 bridgehead atoms. The van der Waals surface area contributed by atoms with E-state index in [-0.39, 0.29) is 18.2 Å². The first-order chi connectivity index (χ1) is 9.78. The average molecular weight is 289 g/mol. The minimum absolute atomic E-state index is 0.186. The van der Waals surface area contributed by atoms with Crippen molar-refractivity contribution in [3.05, 3.63) is 35.9 Å². The minimum atomic E-state index is -0.438. The van der Waals surface area contributed by atoms with Gasteiger partial charge < -0.3 is 9.64 Å². The molecule has 1 aromatic rings. The van der Waals surface area contributed by atoms with E-state index in [1.807, 2.05) is 31.7 Å². The van der Waals surface area contributed by atoms with Crippen LogP contribution in [0.25, 0.3) is 0 Å². The van der Waals surface area contributed by atoms with Crippen molar-refractivity contribution >= 4 is 6.09 Å². The number of hydrogen-bond acceptors (Lipinski definition) is 2. The standard InChI is InChI=1S/C18H27NO2/c1-13-11-16(15-9-7-6-8-10-15)12-14(2)19(13)17(20)21-18(3,4)5/h6-10,13-14,16H,11-12H2,1-5H3/t13-,14-/m0/s1. The van der Waals surface area contributed by atoms with Crippen LogP contribution in [0.2, 0.25) is 0 Å². The fourth-order valence-corrected chi connectivity index (χ4v) is 3.25. The minimum Gasteiger partial charge on any atom is -0.444 e. The molecule has 0 aromatic heterocycles. The maximum absolute atomic E-state index is 12.4. The van der Waals surface area contributed by atoms with Gasteiger partial charge in [-0.2, -0.15) is 0 Å². The molecule has 1 aliphatic heterocycles. The van der Waals surface area contributed by atoms with Crippen LogP contribution in [0.5, 0.6) is 0 Å². The number of benzene rings is 1. The first kappa shape index (κ1) is 15.9. The first-order valence-electron chi connectivity index (χ1n) is 7.84. The van der Waals surface area contributed by atoms with Crippen molar-refractivity contribution in [3.63, 3.8) is 0 Å². The Morgan fingerprint density at radius 1 is 1.10 bits per heavy atom. The zero-order valence-electron chi connectivity index (χ0n) is 13.8. The summed E-state index contributed by atoms with van der Waals surface area (Å²) in [7, 11) is 0. The molecule has 0 N–H and O–H groups in total. The highest BCUT2D eigenvalue weighted by molar-refractivity contribution is 5.69. The quantitative estimate of drug-likeness (QED) is 0.757. The fourth-order valence-electron chi connectivity index (χ4n) is 3.25. The van der Waals surface area contributed by atoms with Crippen molar-refractivity contribution in [1.82, 2.24) is 4.90 Å². The topological polar surface area (TPSA) is 29.5 Å². The summed E-state index contributed by atoms with van der Waals surface area (Å²) in [6.07, 6.45) is 1.80. The molecule has 1 amide bonds. The van der Waals surface area contributed by atoms with Crippen LogP contribution < -0.4 is 0 Å². The second kappa shape index (κ2) is 6.08. The SMILES string of the molecule is C[C@H]1CC(c2ccccc2)C[C@H](C)N1C(=O)OC(C)(C)C. The van der Waals surface area contributed by atoms with Crippen molar-refractivity contribution in [1.29, 1.82) is 0 Å². The molecule has 2 atom stereocenters. The zero-order chi connectivity index (χ0) is 15.6. The van der Waals surface area contributed by atoms with Crippen molar-refractivity contribution in [3.8, 4) is 0 Å². The monoisotopic (exact) mass is 289 g/mol. The molecule has 116 valence electrons. The van der Waals surface area contributed by atoms with E-state index in [0.29, 0.717) is 5.92 Å². The number of carbonyl (C=O) groups excluding carboxylic acids is 1. The highest BCUT2D eigenvalue weighted by Gasteiger charge is 2.36. The largest absolute Gasteiger partial charge is 0.444 e. The summed E-state index contributed by atoms with van der Waals surface area (Å²) in [5.41, 5.74) is 0.937. The number of rotatable bonds is 1. The summed E-state index contributed by atoms with van der Waals surface area (Å²) in [5.74, 6) is 0.523. The molecule has 21 heavy (non-hydrogen) atoms. The number of carbonyl (C=O) groups is 1. The van der Waals surface area contributed by atoms with Crippen molar-refractivity contribution in [2.75, 3.05) is 0 Å². The highest BCUT2D eigenvalue weighted by atomic mass is 16.6.